The molecule has 1 atom stereocenters. The number of nitrogens with zero attached hydrogens (tertiary/aromatic N) is 1. The van der Waals surface area contributed by atoms with Crippen molar-refractivity contribution >= 4 is 24.1 Å². The van der Waals surface area contributed by atoms with E-state index in [1.54, 1.807) is 13.2 Å². The van der Waals surface area contributed by atoms with E-state index in [1.807, 2.05) is 56.4 Å². The Labute approximate surface area is 176 Å². The second kappa shape index (κ2) is 7.88. The zero-order valence-corrected chi connectivity index (χ0v) is 16.9. The van der Waals surface area contributed by atoms with Gasteiger partial charge in [-0.05, 0) is 22.5 Å². The quantitative estimate of drug-likeness (QED) is 0.530. The molecule has 148 valence electrons. The molecule has 0 fully saturated rings. The highest BCUT2D eigenvalue weighted by molar-refractivity contribution is 6.34. The Kier molecular flexibility index (Phi) is 5.11. The summed E-state index contributed by atoms with van der Waals surface area (Å²) in [6.07, 6.45) is 1.68. The van der Waals surface area contributed by atoms with Crippen LogP contribution in [0.15, 0.2) is 72.6 Å². The largest absolute Gasteiger partial charge is 0.493 e. The predicted molar refractivity (Wildman–Crippen MR) is 120 cm³/mol. The first-order chi connectivity index (χ1) is 14.6. The zero-order valence-electron chi connectivity index (χ0n) is 16.9. The van der Waals surface area contributed by atoms with Crippen LogP contribution in [-0.2, 0) is 0 Å². The number of methoxy groups -OCH3 is 1. The minimum atomic E-state index is -0.371. The molecule has 0 bridgehead atoms. The average Bonchev–Trinajstić information content (AvgIpc) is 2.76. The van der Waals surface area contributed by atoms with Crippen molar-refractivity contribution in [2.45, 2.75) is 5.92 Å². The number of fused-ring (bicyclic) bond motifs is 3. The van der Waals surface area contributed by atoms with E-state index in [0.717, 1.165) is 27.4 Å². The predicted octanol–water partition coefficient (Wildman–Crippen LogP) is 2.89. The van der Waals surface area contributed by atoms with Crippen LogP contribution in [0.3, 0.4) is 0 Å². The minimum absolute atomic E-state index is 0.120. The molecule has 6 heteroatoms. The first-order valence-corrected chi connectivity index (χ1v) is 9.60. The van der Waals surface area contributed by atoms with E-state index in [-0.39, 0.29) is 11.8 Å². The Morgan fingerprint density at radius 1 is 1.27 bits per heavy atom. The molecule has 1 aliphatic heterocycles. The fourth-order valence-corrected chi connectivity index (χ4v) is 3.94. The fourth-order valence-electron chi connectivity index (χ4n) is 3.94. The third-order valence-electron chi connectivity index (χ3n) is 5.27. The molecule has 0 saturated heterocycles. The van der Waals surface area contributed by atoms with E-state index in [2.05, 4.69) is 12.6 Å². The lowest BCUT2D eigenvalue weighted by molar-refractivity contribution is 0.328. The van der Waals surface area contributed by atoms with E-state index < -0.39 is 0 Å². The van der Waals surface area contributed by atoms with Crippen molar-refractivity contribution in [1.29, 1.82) is 5.26 Å². The second-order valence-electron chi connectivity index (χ2n) is 7.10. The van der Waals surface area contributed by atoms with Gasteiger partial charge in [-0.1, -0.05) is 55.1 Å². The first kappa shape index (κ1) is 19.5. The van der Waals surface area contributed by atoms with Crippen molar-refractivity contribution in [3.63, 3.8) is 0 Å². The molecule has 0 amide bonds. The van der Waals surface area contributed by atoms with Gasteiger partial charge in [0.05, 0.1) is 13.0 Å². The molecule has 0 radical (unpaired) electrons. The maximum atomic E-state index is 9.86. The van der Waals surface area contributed by atoms with Crippen molar-refractivity contribution in [1.82, 2.24) is 0 Å². The van der Waals surface area contributed by atoms with Gasteiger partial charge in [0.1, 0.15) is 31.8 Å². The Morgan fingerprint density at radius 3 is 2.80 bits per heavy atom. The highest BCUT2D eigenvalue weighted by Gasteiger charge is 2.32. The summed E-state index contributed by atoms with van der Waals surface area (Å²) in [7, 11) is 3.55. The Balaban J connectivity index is 1.94. The van der Waals surface area contributed by atoms with Gasteiger partial charge in [-0.15, -0.1) is 0 Å². The summed E-state index contributed by atoms with van der Waals surface area (Å²) in [5, 5.41) is 11.9. The van der Waals surface area contributed by atoms with Gasteiger partial charge >= 0.3 is 0 Å². The third kappa shape index (κ3) is 3.15. The fraction of sp³-hybridized carbons (Fsp3) is 0.125. The Bertz CT molecular complexity index is 1230. The molecule has 5 nitrogen and oxygen atoms in total. The molecule has 0 spiro atoms. The summed E-state index contributed by atoms with van der Waals surface area (Å²) in [5.74, 6) is 1.68. The highest BCUT2D eigenvalue weighted by Crippen LogP contribution is 2.46. The van der Waals surface area contributed by atoms with Gasteiger partial charge in [0, 0.05) is 10.9 Å². The van der Waals surface area contributed by atoms with Gasteiger partial charge in [-0.2, -0.15) is 5.26 Å². The van der Waals surface area contributed by atoms with Gasteiger partial charge in [0.25, 0.3) is 0 Å². The minimum Gasteiger partial charge on any atom is -0.493 e. The van der Waals surface area contributed by atoms with Crippen LogP contribution in [0, 0.1) is 11.3 Å². The van der Waals surface area contributed by atoms with Gasteiger partial charge in [0.2, 0.25) is 5.88 Å². The summed E-state index contributed by atoms with van der Waals surface area (Å²) in [6, 6.07) is 18.1. The molecule has 0 aromatic heterocycles. The first-order valence-electron chi connectivity index (χ1n) is 9.60. The van der Waals surface area contributed by atoms with Crippen molar-refractivity contribution in [2.75, 3.05) is 13.7 Å². The number of nitriles is 1. The number of hydrogen-bond acceptors (Lipinski definition) is 5. The van der Waals surface area contributed by atoms with Crippen LogP contribution in [0.25, 0.3) is 10.8 Å². The lowest BCUT2D eigenvalue weighted by atomic mass is 9.80. The SMILES string of the molecule is Bc1cc(C2C(C#N)=C(N)Oc3c2ccc2ccccc32)cc(OC)c1OCC=C. The molecule has 2 N–H and O–H groups in total. The van der Waals surface area contributed by atoms with Gasteiger partial charge in [0.15, 0.2) is 11.5 Å². The number of hydrogen-bond donors (Lipinski definition) is 1. The summed E-state index contributed by atoms with van der Waals surface area (Å²) in [4.78, 5) is 0. The summed E-state index contributed by atoms with van der Waals surface area (Å²) in [6.45, 7) is 4.07. The molecule has 0 saturated carbocycles. The molecule has 1 aliphatic rings. The van der Waals surface area contributed by atoms with Crippen LogP contribution < -0.4 is 25.4 Å². The van der Waals surface area contributed by atoms with Crippen LogP contribution >= 0.6 is 0 Å². The molecule has 3 aromatic rings. The van der Waals surface area contributed by atoms with Gasteiger partial charge < -0.3 is 19.9 Å². The molecule has 1 heterocycles. The van der Waals surface area contributed by atoms with E-state index >= 15 is 0 Å². The Morgan fingerprint density at radius 2 is 2.07 bits per heavy atom. The van der Waals surface area contributed by atoms with E-state index in [4.69, 9.17) is 19.9 Å². The second-order valence-corrected chi connectivity index (χ2v) is 7.10. The number of ether oxygens (including phenoxy) is 3. The van der Waals surface area contributed by atoms with Crippen molar-refractivity contribution in [2.24, 2.45) is 5.73 Å². The molecule has 0 aliphatic carbocycles. The number of allylic oxidation sites excluding steroid dienone is 1. The smallest absolute Gasteiger partial charge is 0.205 e. The molecule has 3 aromatic carbocycles. The van der Waals surface area contributed by atoms with Crippen molar-refractivity contribution in [3.8, 4) is 23.3 Å². The van der Waals surface area contributed by atoms with Crippen LogP contribution in [-0.4, -0.2) is 21.6 Å². The summed E-state index contributed by atoms with van der Waals surface area (Å²) >= 11 is 0. The number of rotatable bonds is 5. The summed E-state index contributed by atoms with van der Waals surface area (Å²) < 4.78 is 17.3. The van der Waals surface area contributed by atoms with Crippen LogP contribution in [0.1, 0.15) is 17.0 Å². The summed E-state index contributed by atoms with van der Waals surface area (Å²) in [5.41, 5.74) is 9.24. The van der Waals surface area contributed by atoms with E-state index in [9.17, 15) is 5.26 Å². The maximum absolute atomic E-state index is 9.86. The van der Waals surface area contributed by atoms with Crippen LogP contribution in [0.5, 0.6) is 17.2 Å². The molecular formula is C24H21BN2O3. The van der Waals surface area contributed by atoms with Gasteiger partial charge in [-0.25, -0.2) is 0 Å². The zero-order chi connectivity index (χ0) is 21.3. The lowest BCUT2D eigenvalue weighted by Gasteiger charge is -2.28. The highest BCUT2D eigenvalue weighted by atomic mass is 16.5. The third-order valence-corrected chi connectivity index (χ3v) is 5.27. The lowest BCUT2D eigenvalue weighted by Crippen LogP contribution is -2.22. The van der Waals surface area contributed by atoms with Crippen molar-refractivity contribution in [3.05, 3.63) is 83.8 Å². The number of benzene rings is 3. The molecule has 30 heavy (non-hydrogen) atoms. The topological polar surface area (TPSA) is 77.5 Å². The normalized spacial score (nSPS) is 15.1. The monoisotopic (exact) mass is 396 g/mol. The molecular weight excluding hydrogens is 375 g/mol. The van der Waals surface area contributed by atoms with Gasteiger partial charge in [-0.3, -0.25) is 0 Å². The molecule has 4 rings (SSSR count). The maximum Gasteiger partial charge on any atom is 0.205 e. The molecule has 1 unspecified atom stereocenters. The number of nitrogens with two attached hydrogens (primary N) is 1. The van der Waals surface area contributed by atoms with E-state index in [1.165, 1.54) is 0 Å². The standard InChI is InChI=1S/C24H21BN2O3/c1-3-10-29-23-19(25)11-15(12-20(23)28-2)21-17-9-8-14-6-4-5-7-16(14)22(17)30-24(27)18(21)13-26/h3-9,11-12,21H,1,10,25,27H2,2H3. The van der Waals surface area contributed by atoms with Crippen molar-refractivity contribution < 1.29 is 14.2 Å². The van der Waals surface area contributed by atoms with Crippen LogP contribution in [0.4, 0.5) is 0 Å². The van der Waals surface area contributed by atoms with E-state index in [0.29, 0.717) is 29.4 Å². The Hall–Kier alpha value is -3.85. The van der Waals surface area contributed by atoms with Crippen LogP contribution in [0.2, 0.25) is 0 Å². The average molecular weight is 396 g/mol.